The molecule has 0 aliphatic carbocycles. The van der Waals surface area contributed by atoms with Crippen LogP contribution in [0.5, 0.6) is 5.75 Å². The van der Waals surface area contributed by atoms with Crippen LogP contribution in [0.25, 0.3) is 0 Å². The third-order valence-corrected chi connectivity index (χ3v) is 2.99. The van der Waals surface area contributed by atoms with E-state index in [-0.39, 0.29) is 0 Å². The summed E-state index contributed by atoms with van der Waals surface area (Å²) in [5.74, 6) is 2.98. The van der Waals surface area contributed by atoms with E-state index >= 15 is 0 Å². The first-order valence-electron chi connectivity index (χ1n) is 6.17. The predicted molar refractivity (Wildman–Crippen MR) is 71.1 cm³/mol. The summed E-state index contributed by atoms with van der Waals surface area (Å²) in [5.41, 5.74) is 2.18. The van der Waals surface area contributed by atoms with Gasteiger partial charge in [-0.25, -0.2) is 0 Å². The Hall–Kier alpha value is -2.30. The van der Waals surface area contributed by atoms with E-state index in [1.165, 1.54) is 0 Å². The molecule has 5 heteroatoms. The minimum atomic E-state index is 0.417. The van der Waals surface area contributed by atoms with E-state index in [1.807, 2.05) is 49.8 Å². The van der Waals surface area contributed by atoms with Gasteiger partial charge in [0.15, 0.2) is 0 Å². The van der Waals surface area contributed by atoms with Crippen molar-refractivity contribution in [1.29, 1.82) is 0 Å². The van der Waals surface area contributed by atoms with E-state index in [4.69, 9.17) is 4.74 Å². The molecule has 0 atom stereocenters. The Balaban J connectivity index is 2.08. The molecule has 19 heavy (non-hydrogen) atoms. The molecule has 1 aliphatic heterocycles. The van der Waals surface area contributed by atoms with Crippen LogP contribution in [0.2, 0.25) is 0 Å². The Labute approximate surface area is 111 Å². The van der Waals surface area contributed by atoms with Crippen molar-refractivity contribution in [2.45, 2.75) is 20.8 Å². The van der Waals surface area contributed by atoms with Crippen LogP contribution in [-0.4, -0.2) is 32.5 Å². The molecule has 0 bridgehead atoms. The fourth-order valence-electron chi connectivity index (χ4n) is 2.16. The van der Waals surface area contributed by atoms with Gasteiger partial charge in [-0.2, -0.15) is 9.56 Å². The molecule has 0 amide bonds. The lowest BCUT2D eigenvalue weighted by Gasteiger charge is -2.17. The molecule has 3 rings (SSSR count). The maximum absolute atomic E-state index is 5.80. The summed E-state index contributed by atoms with van der Waals surface area (Å²) in [5, 5.41) is 0. The molecule has 0 saturated carbocycles. The summed E-state index contributed by atoms with van der Waals surface area (Å²) >= 11 is 0. The van der Waals surface area contributed by atoms with E-state index in [9.17, 15) is 0 Å². The highest BCUT2D eigenvalue weighted by Gasteiger charge is 2.21. The van der Waals surface area contributed by atoms with Gasteiger partial charge >= 0.3 is 5.95 Å². The molecule has 1 aromatic carbocycles. The number of nitrogens with zero attached hydrogens (tertiary/aromatic N) is 4. The number of ether oxygens (including phenoxy) is 1. The number of aryl methyl sites for hydroxylation is 3. The van der Waals surface area contributed by atoms with E-state index < -0.39 is 0 Å². The fourth-order valence-corrected chi connectivity index (χ4v) is 2.16. The lowest BCUT2D eigenvalue weighted by Crippen LogP contribution is -2.23. The lowest BCUT2D eigenvalue weighted by molar-refractivity contribution is -0.483. The van der Waals surface area contributed by atoms with Gasteiger partial charge in [0.2, 0.25) is 18.4 Å². The SMILES string of the molecule is Cc1nc(C)nc([N+]2=Cc3cccc(C)c3OC2)n1. The second-order valence-electron chi connectivity index (χ2n) is 4.60. The van der Waals surface area contributed by atoms with E-state index in [1.54, 1.807) is 0 Å². The van der Waals surface area contributed by atoms with Crippen LogP contribution in [0.15, 0.2) is 18.2 Å². The smallest absolute Gasteiger partial charge is 0.439 e. The van der Waals surface area contributed by atoms with Crippen molar-refractivity contribution in [1.82, 2.24) is 15.0 Å². The van der Waals surface area contributed by atoms with Crippen molar-refractivity contribution in [2.24, 2.45) is 0 Å². The summed E-state index contributed by atoms with van der Waals surface area (Å²) in [7, 11) is 0. The average molecular weight is 255 g/mol. The highest BCUT2D eigenvalue weighted by Crippen LogP contribution is 2.25. The van der Waals surface area contributed by atoms with Crippen molar-refractivity contribution >= 4 is 12.2 Å². The van der Waals surface area contributed by atoms with Gasteiger partial charge in [-0.1, -0.05) is 22.1 Å². The fraction of sp³-hybridized carbons (Fsp3) is 0.286. The third-order valence-electron chi connectivity index (χ3n) is 2.99. The number of para-hydroxylation sites is 1. The number of rotatable bonds is 1. The zero-order valence-electron chi connectivity index (χ0n) is 11.2. The molecule has 5 nitrogen and oxygen atoms in total. The Morgan fingerprint density at radius 1 is 1.05 bits per heavy atom. The molecule has 1 aromatic heterocycles. The predicted octanol–water partition coefficient (Wildman–Crippen LogP) is 1.91. The summed E-state index contributed by atoms with van der Waals surface area (Å²) in [6.07, 6.45) is 2.01. The largest absolute Gasteiger partial charge is 0.459 e. The Bertz CT molecular complexity index is 659. The van der Waals surface area contributed by atoms with E-state index in [2.05, 4.69) is 15.0 Å². The second-order valence-corrected chi connectivity index (χ2v) is 4.60. The van der Waals surface area contributed by atoms with Gasteiger partial charge in [0.25, 0.3) is 0 Å². The van der Waals surface area contributed by atoms with Crippen molar-refractivity contribution in [3.63, 3.8) is 0 Å². The summed E-state index contributed by atoms with van der Waals surface area (Å²) in [6, 6.07) is 6.08. The molecule has 0 spiro atoms. The van der Waals surface area contributed by atoms with Gasteiger partial charge in [-0.05, 0) is 18.6 Å². The van der Waals surface area contributed by atoms with Crippen molar-refractivity contribution < 1.29 is 9.31 Å². The highest BCUT2D eigenvalue weighted by atomic mass is 16.5. The molecular formula is C14H15N4O+. The average Bonchev–Trinajstić information content (AvgIpc) is 2.37. The standard InChI is InChI=1S/C14H15N4O/c1-9-5-4-6-12-7-18(8-19-13(9)12)14-16-10(2)15-11(3)17-14/h4-7H,8H2,1-3H3/q+1. The van der Waals surface area contributed by atoms with Crippen LogP contribution in [0.3, 0.4) is 0 Å². The lowest BCUT2D eigenvalue weighted by atomic mass is 10.1. The van der Waals surface area contributed by atoms with Gasteiger partial charge in [-0.15, -0.1) is 0 Å². The number of hydrogen-bond donors (Lipinski definition) is 0. The molecule has 0 saturated heterocycles. The monoisotopic (exact) mass is 255 g/mol. The first-order valence-corrected chi connectivity index (χ1v) is 6.17. The van der Waals surface area contributed by atoms with Crippen LogP contribution in [0.4, 0.5) is 5.95 Å². The maximum Gasteiger partial charge on any atom is 0.439 e. The number of fused-ring (bicyclic) bond motifs is 1. The van der Waals surface area contributed by atoms with Crippen LogP contribution < -0.4 is 4.74 Å². The Kier molecular flexibility index (Phi) is 2.74. The molecule has 0 unspecified atom stereocenters. The number of aromatic nitrogens is 3. The van der Waals surface area contributed by atoms with Gasteiger partial charge in [0, 0.05) is 19.4 Å². The topological polar surface area (TPSA) is 50.9 Å². The molecule has 0 fully saturated rings. The normalized spacial score (nSPS) is 13.5. The summed E-state index contributed by atoms with van der Waals surface area (Å²) < 4.78 is 7.69. The van der Waals surface area contributed by atoms with Gasteiger partial charge in [-0.3, -0.25) is 0 Å². The van der Waals surface area contributed by atoms with Gasteiger partial charge in [0.1, 0.15) is 5.75 Å². The summed E-state index contributed by atoms with van der Waals surface area (Å²) in [6.45, 7) is 6.18. The molecule has 1 aliphatic rings. The highest BCUT2D eigenvalue weighted by molar-refractivity contribution is 5.82. The maximum atomic E-state index is 5.80. The van der Waals surface area contributed by atoms with Crippen molar-refractivity contribution in [2.75, 3.05) is 6.73 Å². The quantitative estimate of drug-likeness (QED) is 0.730. The van der Waals surface area contributed by atoms with Crippen LogP contribution >= 0.6 is 0 Å². The molecule has 2 aromatic rings. The van der Waals surface area contributed by atoms with Gasteiger partial charge < -0.3 is 4.74 Å². The van der Waals surface area contributed by atoms with Crippen molar-refractivity contribution in [3.05, 3.63) is 41.0 Å². The molecular weight excluding hydrogens is 240 g/mol. The van der Waals surface area contributed by atoms with Crippen molar-refractivity contribution in [3.8, 4) is 5.75 Å². The molecule has 0 N–H and O–H groups in total. The van der Waals surface area contributed by atoms with Crippen LogP contribution in [0, 0.1) is 20.8 Å². The third kappa shape index (κ3) is 2.19. The zero-order chi connectivity index (χ0) is 13.4. The second kappa shape index (κ2) is 4.42. The first kappa shape index (κ1) is 11.8. The molecule has 0 radical (unpaired) electrons. The summed E-state index contributed by atoms with van der Waals surface area (Å²) in [4.78, 5) is 12.9. The minimum Gasteiger partial charge on any atom is -0.459 e. The first-order chi connectivity index (χ1) is 9.13. The van der Waals surface area contributed by atoms with E-state index in [0.717, 1.165) is 16.9 Å². The Morgan fingerprint density at radius 2 is 1.79 bits per heavy atom. The van der Waals surface area contributed by atoms with Crippen LogP contribution in [-0.2, 0) is 0 Å². The van der Waals surface area contributed by atoms with E-state index in [0.29, 0.717) is 24.3 Å². The number of hydrogen-bond acceptors (Lipinski definition) is 4. The Morgan fingerprint density at radius 3 is 2.53 bits per heavy atom. The molecule has 2 heterocycles. The minimum absolute atomic E-state index is 0.417. The zero-order valence-corrected chi connectivity index (χ0v) is 11.2. The molecule has 96 valence electrons. The number of benzene rings is 1. The van der Waals surface area contributed by atoms with Gasteiger partial charge in [0.05, 0.1) is 6.21 Å². The van der Waals surface area contributed by atoms with Crippen LogP contribution in [0.1, 0.15) is 22.8 Å².